The first-order valence-corrected chi connectivity index (χ1v) is 11.6. The molecule has 0 aliphatic carbocycles. The number of hydrogen-bond donors (Lipinski definition) is 1. The Morgan fingerprint density at radius 2 is 1.77 bits per heavy atom. The Balaban J connectivity index is 1.67. The van der Waals surface area contributed by atoms with E-state index in [1.807, 2.05) is 60.7 Å². The molecule has 7 heteroatoms. The molecule has 0 spiro atoms. The lowest BCUT2D eigenvalue weighted by Gasteiger charge is -2.24. The third-order valence-electron chi connectivity index (χ3n) is 4.72. The number of ether oxygens (including phenoxy) is 1. The minimum Gasteiger partial charge on any atom is -0.380 e. The molecule has 0 saturated heterocycles. The van der Waals surface area contributed by atoms with E-state index >= 15 is 0 Å². The van der Waals surface area contributed by atoms with Gasteiger partial charge in [0.2, 0.25) is 15.9 Å². The highest BCUT2D eigenvalue weighted by Gasteiger charge is 2.19. The fourth-order valence-electron chi connectivity index (χ4n) is 3.40. The molecule has 0 unspecified atom stereocenters. The molecule has 3 aromatic rings. The van der Waals surface area contributed by atoms with Crippen molar-refractivity contribution in [2.24, 2.45) is 0 Å². The van der Waals surface area contributed by atoms with Crippen LogP contribution in [0.5, 0.6) is 0 Å². The number of rotatable bonds is 9. The first-order valence-electron chi connectivity index (χ1n) is 9.71. The van der Waals surface area contributed by atoms with Crippen LogP contribution in [0, 0.1) is 0 Å². The number of nitrogens with one attached hydrogen (secondary N) is 1. The van der Waals surface area contributed by atoms with Crippen LogP contribution in [0.2, 0.25) is 0 Å². The van der Waals surface area contributed by atoms with Crippen molar-refractivity contribution in [3.05, 3.63) is 72.3 Å². The highest BCUT2D eigenvalue weighted by Crippen LogP contribution is 2.28. The van der Waals surface area contributed by atoms with Crippen molar-refractivity contribution in [1.82, 2.24) is 0 Å². The molecule has 0 aliphatic heterocycles. The average molecular weight is 427 g/mol. The van der Waals surface area contributed by atoms with Crippen molar-refractivity contribution >= 4 is 38.1 Å². The lowest BCUT2D eigenvalue weighted by atomic mass is 10.1. The van der Waals surface area contributed by atoms with Crippen molar-refractivity contribution in [2.45, 2.75) is 19.4 Å². The number of fused-ring (bicyclic) bond motifs is 1. The highest BCUT2D eigenvalue weighted by molar-refractivity contribution is 7.92. The quantitative estimate of drug-likeness (QED) is 0.557. The monoisotopic (exact) mass is 426 g/mol. The van der Waals surface area contributed by atoms with E-state index in [9.17, 15) is 13.2 Å². The summed E-state index contributed by atoms with van der Waals surface area (Å²) in [7, 11) is -1.87. The maximum atomic E-state index is 12.5. The van der Waals surface area contributed by atoms with Gasteiger partial charge in [-0.05, 0) is 35.6 Å². The van der Waals surface area contributed by atoms with Crippen LogP contribution in [-0.2, 0) is 26.2 Å². The maximum absolute atomic E-state index is 12.5. The molecule has 158 valence electrons. The third kappa shape index (κ3) is 5.58. The van der Waals surface area contributed by atoms with E-state index in [1.54, 1.807) is 13.2 Å². The standard InChI is InChI=1S/C23H26N2O4S/c1-29-17-18-8-5-11-20(16-18)24-23(26)14-7-15-25(30(2,27)28)22-13-6-10-19-9-3-4-12-21(19)22/h3-6,8-13,16H,7,14-15,17H2,1-2H3,(H,24,26). The molecule has 0 fully saturated rings. The van der Waals surface area contributed by atoms with Crippen LogP contribution in [0.1, 0.15) is 18.4 Å². The number of sulfonamides is 1. The van der Waals surface area contributed by atoms with Gasteiger partial charge in [0.15, 0.2) is 0 Å². The third-order valence-corrected chi connectivity index (χ3v) is 5.90. The Bertz CT molecular complexity index is 1120. The number of hydrogen-bond acceptors (Lipinski definition) is 4. The summed E-state index contributed by atoms with van der Waals surface area (Å²) in [5.74, 6) is -0.157. The van der Waals surface area contributed by atoms with E-state index in [1.165, 1.54) is 10.6 Å². The summed E-state index contributed by atoms with van der Waals surface area (Å²) in [4.78, 5) is 12.4. The lowest BCUT2D eigenvalue weighted by Crippen LogP contribution is -2.31. The van der Waals surface area contributed by atoms with Gasteiger partial charge in [0.1, 0.15) is 0 Å². The number of carbonyl (C=O) groups is 1. The zero-order chi connectivity index (χ0) is 21.6. The Morgan fingerprint density at radius 1 is 1.03 bits per heavy atom. The largest absolute Gasteiger partial charge is 0.380 e. The van der Waals surface area contributed by atoms with Gasteiger partial charge in [-0.2, -0.15) is 0 Å². The van der Waals surface area contributed by atoms with Crippen LogP contribution < -0.4 is 9.62 Å². The number of anilines is 2. The van der Waals surface area contributed by atoms with Gasteiger partial charge in [-0.1, -0.05) is 48.5 Å². The minimum atomic E-state index is -3.49. The van der Waals surface area contributed by atoms with E-state index in [0.29, 0.717) is 24.4 Å². The summed E-state index contributed by atoms with van der Waals surface area (Å²) in [6, 6.07) is 20.7. The molecule has 6 nitrogen and oxygen atoms in total. The highest BCUT2D eigenvalue weighted by atomic mass is 32.2. The summed E-state index contributed by atoms with van der Waals surface area (Å²) in [5, 5.41) is 4.70. The van der Waals surface area contributed by atoms with E-state index < -0.39 is 10.0 Å². The normalized spacial score (nSPS) is 11.4. The lowest BCUT2D eigenvalue weighted by molar-refractivity contribution is -0.116. The van der Waals surface area contributed by atoms with E-state index in [-0.39, 0.29) is 18.9 Å². The van der Waals surface area contributed by atoms with Crippen LogP contribution in [0.15, 0.2) is 66.7 Å². The second-order valence-corrected chi connectivity index (χ2v) is 9.03. The van der Waals surface area contributed by atoms with Crippen LogP contribution in [0.3, 0.4) is 0 Å². The molecule has 3 rings (SSSR count). The zero-order valence-electron chi connectivity index (χ0n) is 17.2. The second kappa shape index (κ2) is 9.73. The second-order valence-electron chi connectivity index (χ2n) is 7.12. The number of nitrogens with zero attached hydrogens (tertiary/aromatic N) is 1. The molecule has 0 atom stereocenters. The van der Waals surface area contributed by atoms with Crippen LogP contribution in [-0.4, -0.2) is 34.2 Å². The fraction of sp³-hybridized carbons (Fsp3) is 0.261. The molecule has 3 aromatic carbocycles. The molecule has 0 aromatic heterocycles. The molecule has 0 saturated carbocycles. The van der Waals surface area contributed by atoms with E-state index in [0.717, 1.165) is 16.3 Å². The van der Waals surface area contributed by atoms with Crippen molar-refractivity contribution in [3.63, 3.8) is 0 Å². The summed E-state index contributed by atoms with van der Waals surface area (Å²) in [6.07, 6.45) is 1.81. The first-order chi connectivity index (χ1) is 14.4. The van der Waals surface area contributed by atoms with Crippen molar-refractivity contribution in [1.29, 1.82) is 0 Å². The summed E-state index contributed by atoms with van der Waals surface area (Å²) >= 11 is 0. The van der Waals surface area contributed by atoms with Gasteiger partial charge in [-0.3, -0.25) is 9.10 Å². The number of carbonyl (C=O) groups excluding carboxylic acids is 1. The molecule has 1 amide bonds. The molecule has 1 N–H and O–H groups in total. The van der Waals surface area contributed by atoms with Gasteiger partial charge in [0.05, 0.1) is 18.6 Å². The molecule has 0 heterocycles. The first kappa shape index (κ1) is 21.8. The molecule has 30 heavy (non-hydrogen) atoms. The van der Waals surface area contributed by atoms with Crippen LogP contribution in [0.25, 0.3) is 10.8 Å². The molecule has 0 aliphatic rings. The summed E-state index contributed by atoms with van der Waals surface area (Å²) in [5.41, 5.74) is 2.29. The van der Waals surface area contributed by atoms with Gasteiger partial charge in [-0.15, -0.1) is 0 Å². The Hall–Kier alpha value is -2.90. The molecule has 0 radical (unpaired) electrons. The van der Waals surface area contributed by atoms with Gasteiger partial charge < -0.3 is 10.1 Å². The number of methoxy groups -OCH3 is 1. The Kier molecular flexibility index (Phi) is 7.07. The Labute approximate surface area is 177 Å². The fourth-order valence-corrected chi connectivity index (χ4v) is 4.38. The van der Waals surface area contributed by atoms with Gasteiger partial charge in [0.25, 0.3) is 0 Å². The Morgan fingerprint density at radius 3 is 2.53 bits per heavy atom. The van der Waals surface area contributed by atoms with Gasteiger partial charge in [0, 0.05) is 31.1 Å². The van der Waals surface area contributed by atoms with Crippen molar-refractivity contribution in [2.75, 3.05) is 29.5 Å². The maximum Gasteiger partial charge on any atom is 0.232 e. The zero-order valence-corrected chi connectivity index (χ0v) is 18.0. The SMILES string of the molecule is COCc1cccc(NC(=O)CCCN(c2cccc3ccccc23)S(C)(=O)=O)c1. The predicted octanol–water partition coefficient (Wildman–Crippen LogP) is 4.17. The molecular weight excluding hydrogens is 400 g/mol. The van der Waals surface area contributed by atoms with Crippen LogP contribution >= 0.6 is 0 Å². The topological polar surface area (TPSA) is 75.7 Å². The smallest absolute Gasteiger partial charge is 0.232 e. The summed E-state index contributed by atoms with van der Waals surface area (Å²) < 4.78 is 31.4. The molecule has 0 bridgehead atoms. The molecular formula is C23H26N2O4S. The van der Waals surface area contributed by atoms with E-state index in [2.05, 4.69) is 5.32 Å². The van der Waals surface area contributed by atoms with Crippen molar-refractivity contribution in [3.8, 4) is 0 Å². The van der Waals surface area contributed by atoms with E-state index in [4.69, 9.17) is 4.74 Å². The average Bonchev–Trinajstić information content (AvgIpc) is 2.71. The summed E-state index contributed by atoms with van der Waals surface area (Å²) in [6.45, 7) is 0.696. The van der Waals surface area contributed by atoms with Crippen LogP contribution in [0.4, 0.5) is 11.4 Å². The van der Waals surface area contributed by atoms with Gasteiger partial charge in [-0.25, -0.2) is 8.42 Å². The number of amides is 1. The van der Waals surface area contributed by atoms with Gasteiger partial charge >= 0.3 is 0 Å². The minimum absolute atomic E-state index is 0.157. The predicted molar refractivity (Wildman–Crippen MR) is 121 cm³/mol. The van der Waals surface area contributed by atoms with Crippen molar-refractivity contribution < 1.29 is 17.9 Å². The number of benzene rings is 3.